The van der Waals surface area contributed by atoms with E-state index in [1.54, 1.807) is 0 Å². The van der Waals surface area contributed by atoms with Gasteiger partial charge >= 0.3 is 11.9 Å². The van der Waals surface area contributed by atoms with Crippen molar-refractivity contribution in [2.75, 3.05) is 7.11 Å². The summed E-state index contributed by atoms with van der Waals surface area (Å²) in [5.74, 6) is -2.91. The lowest BCUT2D eigenvalue weighted by molar-refractivity contribution is -0.181. The molecule has 0 spiro atoms. The summed E-state index contributed by atoms with van der Waals surface area (Å²) < 4.78 is 23.0. The van der Waals surface area contributed by atoms with Crippen LogP contribution in [-0.4, -0.2) is 24.8 Å². The summed E-state index contributed by atoms with van der Waals surface area (Å²) in [7, 11) is 1.22. The van der Waals surface area contributed by atoms with Crippen LogP contribution in [0.15, 0.2) is 24.3 Å². The van der Waals surface area contributed by atoms with E-state index >= 15 is 0 Å². The summed E-state index contributed by atoms with van der Waals surface area (Å²) in [5.41, 5.74) is -0.859. The summed E-state index contributed by atoms with van der Waals surface area (Å²) in [6, 6.07) is 5.29. The predicted molar refractivity (Wildman–Crippen MR) is 74.1 cm³/mol. The largest absolute Gasteiger partial charge is 0.469 e. The van der Waals surface area contributed by atoms with Gasteiger partial charge in [0.05, 0.1) is 19.4 Å². The molecule has 0 bridgehead atoms. The molecule has 1 aromatic carbocycles. The second-order valence-corrected chi connectivity index (χ2v) is 5.75. The Labute approximate surface area is 127 Å². The molecular formula is C16H17FO5. The number of hydrogen-bond donors (Lipinski definition) is 0. The molecule has 22 heavy (non-hydrogen) atoms. The first-order valence-electron chi connectivity index (χ1n) is 6.85. The Hall–Kier alpha value is -2.24. The molecule has 0 aromatic heterocycles. The number of benzene rings is 1. The van der Waals surface area contributed by atoms with Crippen LogP contribution in [0.1, 0.15) is 31.9 Å². The van der Waals surface area contributed by atoms with Crippen molar-refractivity contribution in [2.45, 2.75) is 26.4 Å². The molecule has 0 N–H and O–H groups in total. The highest BCUT2D eigenvalue weighted by Crippen LogP contribution is 2.41. The fourth-order valence-electron chi connectivity index (χ4n) is 2.46. The number of hydrogen-bond acceptors (Lipinski definition) is 5. The Balaban J connectivity index is 2.39. The lowest BCUT2D eigenvalue weighted by Gasteiger charge is -2.37. The molecule has 0 amide bonds. The van der Waals surface area contributed by atoms with Crippen LogP contribution >= 0.6 is 0 Å². The molecule has 5 nitrogen and oxygen atoms in total. The Morgan fingerprint density at radius 1 is 1.27 bits per heavy atom. The summed E-state index contributed by atoms with van der Waals surface area (Å²) in [6.07, 6.45) is -1.12. The van der Waals surface area contributed by atoms with Crippen molar-refractivity contribution in [3.63, 3.8) is 0 Å². The second kappa shape index (κ2) is 5.87. The number of cyclic esters (lactones) is 1. The molecule has 0 radical (unpaired) electrons. The lowest BCUT2D eigenvalue weighted by atomic mass is 9.74. The fourth-order valence-corrected chi connectivity index (χ4v) is 2.46. The van der Waals surface area contributed by atoms with Crippen LogP contribution < -0.4 is 0 Å². The lowest BCUT2D eigenvalue weighted by Crippen LogP contribution is -2.48. The molecule has 1 heterocycles. The predicted octanol–water partition coefficient (Wildman–Crippen LogP) is 2.20. The molecule has 118 valence electrons. The Bertz CT molecular complexity index is 605. The molecule has 1 aromatic rings. The van der Waals surface area contributed by atoms with Crippen molar-refractivity contribution in [2.24, 2.45) is 11.3 Å². The molecule has 6 heteroatoms. The summed E-state index contributed by atoms with van der Waals surface area (Å²) in [6.45, 7) is 2.92. The maximum atomic E-state index is 13.0. The van der Waals surface area contributed by atoms with Gasteiger partial charge in [0.15, 0.2) is 5.78 Å². The zero-order valence-electron chi connectivity index (χ0n) is 12.6. The minimum absolute atomic E-state index is 0.200. The number of halogens is 1. The molecule has 1 saturated heterocycles. The quantitative estimate of drug-likeness (QED) is 0.632. The van der Waals surface area contributed by atoms with Gasteiger partial charge in [0.2, 0.25) is 0 Å². The molecule has 2 rings (SSSR count). The second-order valence-electron chi connectivity index (χ2n) is 5.75. The normalized spacial score (nSPS) is 23.8. The average Bonchev–Trinajstić information content (AvgIpc) is 2.49. The number of Topliss-reactive ketones (excluding diaryl/α,β-unsaturated/α-hetero) is 1. The first-order chi connectivity index (χ1) is 10.3. The number of methoxy groups -OCH3 is 1. The zero-order chi connectivity index (χ0) is 16.5. The Morgan fingerprint density at radius 2 is 1.86 bits per heavy atom. The molecule has 0 saturated carbocycles. The number of carbonyl (C=O) groups excluding carboxylic acids is 3. The molecule has 2 atom stereocenters. The zero-order valence-corrected chi connectivity index (χ0v) is 12.6. The SMILES string of the molecule is COC(=O)CC1C(=O)C(C)(C)C(=O)OC1c1ccc(F)cc1. The molecule has 0 aliphatic carbocycles. The molecular weight excluding hydrogens is 291 g/mol. The van der Waals surface area contributed by atoms with Crippen LogP contribution in [0.5, 0.6) is 0 Å². The van der Waals surface area contributed by atoms with Gasteiger partial charge in [-0.25, -0.2) is 4.39 Å². The Kier molecular flexibility index (Phi) is 4.30. The highest BCUT2D eigenvalue weighted by atomic mass is 19.1. The van der Waals surface area contributed by atoms with Gasteiger partial charge in [-0.2, -0.15) is 0 Å². The summed E-state index contributed by atoms with van der Waals surface area (Å²) in [4.78, 5) is 36.2. The number of carbonyl (C=O) groups is 3. The molecule has 1 aliphatic heterocycles. The monoisotopic (exact) mass is 308 g/mol. The highest BCUT2D eigenvalue weighted by Gasteiger charge is 2.51. The van der Waals surface area contributed by atoms with Crippen LogP contribution in [0, 0.1) is 17.2 Å². The van der Waals surface area contributed by atoms with E-state index in [4.69, 9.17) is 4.74 Å². The fraction of sp³-hybridized carbons (Fsp3) is 0.438. The smallest absolute Gasteiger partial charge is 0.319 e. The van der Waals surface area contributed by atoms with Crippen LogP contribution in [0.2, 0.25) is 0 Å². The van der Waals surface area contributed by atoms with E-state index < -0.39 is 35.2 Å². The van der Waals surface area contributed by atoms with Gasteiger partial charge in [-0.15, -0.1) is 0 Å². The summed E-state index contributed by atoms with van der Waals surface area (Å²) >= 11 is 0. The minimum Gasteiger partial charge on any atom is -0.469 e. The molecule has 1 aliphatic rings. The van der Waals surface area contributed by atoms with Crippen LogP contribution in [0.3, 0.4) is 0 Å². The topological polar surface area (TPSA) is 69.7 Å². The number of rotatable bonds is 3. The maximum absolute atomic E-state index is 13.0. The summed E-state index contributed by atoms with van der Waals surface area (Å²) in [5, 5.41) is 0. The number of esters is 2. The molecule has 1 fully saturated rings. The van der Waals surface area contributed by atoms with Gasteiger partial charge in [0.25, 0.3) is 0 Å². The van der Waals surface area contributed by atoms with Crippen LogP contribution in [0.25, 0.3) is 0 Å². The van der Waals surface area contributed by atoms with Gasteiger partial charge in [-0.1, -0.05) is 12.1 Å². The van der Waals surface area contributed by atoms with Gasteiger partial charge in [0, 0.05) is 0 Å². The van der Waals surface area contributed by atoms with Gasteiger partial charge in [-0.05, 0) is 31.5 Å². The standard InChI is InChI=1S/C16H17FO5/c1-16(2)14(19)11(8-12(18)21-3)13(22-15(16)20)9-4-6-10(17)7-5-9/h4-7,11,13H,8H2,1-3H3. The van der Waals surface area contributed by atoms with Crippen molar-refractivity contribution < 1.29 is 28.2 Å². The van der Waals surface area contributed by atoms with Gasteiger partial charge < -0.3 is 9.47 Å². The van der Waals surface area contributed by atoms with E-state index in [-0.39, 0.29) is 12.2 Å². The Morgan fingerprint density at radius 3 is 2.41 bits per heavy atom. The van der Waals surface area contributed by atoms with Gasteiger partial charge in [0.1, 0.15) is 17.3 Å². The van der Waals surface area contributed by atoms with E-state index in [2.05, 4.69) is 4.74 Å². The van der Waals surface area contributed by atoms with Crippen molar-refractivity contribution in [1.82, 2.24) is 0 Å². The van der Waals surface area contributed by atoms with Crippen LogP contribution in [0.4, 0.5) is 4.39 Å². The van der Waals surface area contributed by atoms with E-state index in [0.29, 0.717) is 5.56 Å². The number of ketones is 1. The van der Waals surface area contributed by atoms with E-state index in [1.807, 2.05) is 0 Å². The van der Waals surface area contributed by atoms with Crippen molar-refractivity contribution >= 4 is 17.7 Å². The molecule has 2 unspecified atom stereocenters. The third-order valence-corrected chi connectivity index (χ3v) is 3.88. The average molecular weight is 308 g/mol. The third kappa shape index (κ3) is 2.86. The van der Waals surface area contributed by atoms with Gasteiger partial charge in [-0.3, -0.25) is 14.4 Å². The van der Waals surface area contributed by atoms with E-state index in [0.717, 1.165) is 0 Å². The minimum atomic E-state index is -1.32. The highest BCUT2D eigenvalue weighted by molar-refractivity contribution is 6.07. The van der Waals surface area contributed by atoms with E-state index in [1.165, 1.54) is 45.2 Å². The van der Waals surface area contributed by atoms with E-state index in [9.17, 15) is 18.8 Å². The van der Waals surface area contributed by atoms with Crippen LogP contribution in [-0.2, 0) is 23.9 Å². The first kappa shape index (κ1) is 16.1. The maximum Gasteiger partial charge on any atom is 0.319 e. The number of ether oxygens (including phenoxy) is 2. The third-order valence-electron chi connectivity index (χ3n) is 3.88. The van der Waals surface area contributed by atoms with Crippen molar-refractivity contribution in [1.29, 1.82) is 0 Å². The first-order valence-corrected chi connectivity index (χ1v) is 6.85. The van der Waals surface area contributed by atoms with Crippen molar-refractivity contribution in [3.05, 3.63) is 35.6 Å². The van der Waals surface area contributed by atoms with Crippen molar-refractivity contribution in [3.8, 4) is 0 Å².